The lowest BCUT2D eigenvalue weighted by atomic mass is 10.1. The largest absolute Gasteiger partial charge is 0.488 e. The van der Waals surface area contributed by atoms with Gasteiger partial charge in [-0.05, 0) is 35.4 Å². The number of carbonyl (C=O) groups is 1. The zero-order valence-corrected chi connectivity index (χ0v) is 10.1. The number of benzene rings is 2. The minimum Gasteiger partial charge on any atom is -0.488 e. The Morgan fingerprint density at radius 3 is 2.44 bits per heavy atom. The van der Waals surface area contributed by atoms with Crippen LogP contribution in [0.25, 0.3) is 10.8 Å². The van der Waals surface area contributed by atoms with E-state index in [4.69, 9.17) is 4.74 Å². The fraction of sp³-hybridized carbons (Fsp3) is 0.133. The van der Waals surface area contributed by atoms with Gasteiger partial charge < -0.3 is 9.84 Å². The first-order chi connectivity index (χ1) is 8.58. The molecule has 0 heterocycles. The Labute approximate surface area is 105 Å². The van der Waals surface area contributed by atoms with Crippen LogP contribution in [-0.4, -0.2) is 17.7 Å². The fourth-order valence-corrected chi connectivity index (χ4v) is 1.71. The van der Waals surface area contributed by atoms with Gasteiger partial charge in [0.1, 0.15) is 17.9 Å². The smallest absolute Gasteiger partial charge is 0.339 e. The van der Waals surface area contributed by atoms with E-state index in [2.05, 4.69) is 6.58 Å². The Hall–Kier alpha value is -2.29. The molecule has 0 spiro atoms. The van der Waals surface area contributed by atoms with Crippen molar-refractivity contribution in [3.63, 3.8) is 0 Å². The van der Waals surface area contributed by atoms with Crippen LogP contribution in [0.5, 0.6) is 5.75 Å². The van der Waals surface area contributed by atoms with Crippen molar-refractivity contribution < 1.29 is 14.6 Å². The van der Waals surface area contributed by atoms with E-state index in [1.165, 1.54) is 0 Å². The Bertz CT molecular complexity index is 614. The molecule has 0 unspecified atom stereocenters. The van der Waals surface area contributed by atoms with Crippen LogP contribution in [-0.2, 0) is 0 Å². The number of ether oxygens (including phenoxy) is 1. The van der Waals surface area contributed by atoms with Crippen molar-refractivity contribution in [2.24, 2.45) is 0 Å². The van der Waals surface area contributed by atoms with Crippen molar-refractivity contribution in [3.05, 3.63) is 54.1 Å². The van der Waals surface area contributed by atoms with Crippen molar-refractivity contribution in [2.75, 3.05) is 6.61 Å². The lowest BCUT2D eigenvalue weighted by Gasteiger charge is -2.10. The summed E-state index contributed by atoms with van der Waals surface area (Å²) in [4.78, 5) is 11.2. The van der Waals surface area contributed by atoms with Crippen molar-refractivity contribution in [2.45, 2.75) is 6.92 Å². The second-order valence-electron chi connectivity index (χ2n) is 4.25. The third-order valence-electron chi connectivity index (χ3n) is 2.55. The van der Waals surface area contributed by atoms with E-state index in [1.54, 1.807) is 12.1 Å². The van der Waals surface area contributed by atoms with Crippen molar-refractivity contribution in [1.82, 2.24) is 0 Å². The summed E-state index contributed by atoms with van der Waals surface area (Å²) in [6, 6.07) is 11.0. The summed E-state index contributed by atoms with van der Waals surface area (Å²) in [6.07, 6.45) is 0. The summed E-state index contributed by atoms with van der Waals surface area (Å²) in [7, 11) is 0. The minimum atomic E-state index is -0.988. The molecule has 0 saturated carbocycles. The molecule has 0 bridgehead atoms. The molecule has 0 aromatic heterocycles. The molecule has 0 aliphatic heterocycles. The van der Waals surface area contributed by atoms with Crippen molar-refractivity contribution >= 4 is 16.7 Å². The van der Waals surface area contributed by atoms with Crippen LogP contribution in [0.2, 0.25) is 0 Å². The fourth-order valence-electron chi connectivity index (χ4n) is 1.71. The molecule has 0 saturated heterocycles. The van der Waals surface area contributed by atoms with Gasteiger partial charge in [0.2, 0.25) is 0 Å². The Balaban J connectivity index is 2.50. The van der Waals surface area contributed by atoms with Gasteiger partial charge in [-0.1, -0.05) is 30.8 Å². The minimum absolute atomic E-state index is 0.176. The average molecular weight is 242 g/mol. The lowest BCUT2D eigenvalue weighted by Crippen LogP contribution is -2.05. The average Bonchev–Trinajstić information content (AvgIpc) is 2.35. The van der Waals surface area contributed by atoms with Gasteiger partial charge in [0.15, 0.2) is 0 Å². The molecule has 3 nitrogen and oxygen atoms in total. The zero-order valence-electron chi connectivity index (χ0n) is 10.1. The van der Waals surface area contributed by atoms with Crippen LogP contribution in [0, 0.1) is 0 Å². The Kier molecular flexibility index (Phi) is 3.33. The first kappa shape index (κ1) is 12.2. The van der Waals surface area contributed by atoms with Gasteiger partial charge in [-0.15, -0.1) is 0 Å². The number of aromatic carboxylic acids is 1. The summed E-state index contributed by atoms with van der Waals surface area (Å²) in [5.41, 5.74) is 1.02. The zero-order chi connectivity index (χ0) is 13.1. The van der Waals surface area contributed by atoms with E-state index in [-0.39, 0.29) is 5.56 Å². The predicted octanol–water partition coefficient (Wildman–Crippen LogP) is 3.49. The molecular formula is C15H14O3. The van der Waals surface area contributed by atoms with Crippen molar-refractivity contribution in [3.8, 4) is 5.75 Å². The van der Waals surface area contributed by atoms with Crippen LogP contribution < -0.4 is 4.74 Å². The monoisotopic (exact) mass is 242 g/mol. The second-order valence-corrected chi connectivity index (χ2v) is 4.25. The maximum Gasteiger partial charge on any atom is 0.339 e. The van der Waals surface area contributed by atoms with Crippen LogP contribution in [0.3, 0.4) is 0 Å². The summed E-state index contributed by atoms with van der Waals surface area (Å²) in [5, 5.41) is 11.0. The van der Waals surface area contributed by atoms with Gasteiger partial charge >= 0.3 is 5.97 Å². The van der Waals surface area contributed by atoms with Crippen molar-refractivity contribution in [1.29, 1.82) is 0 Å². The highest BCUT2D eigenvalue weighted by Gasteiger charge is 2.12. The SMILES string of the molecule is C=C(C)COc1cc2ccccc2cc1C(=O)O. The van der Waals surface area contributed by atoms with Crippen LogP contribution in [0.15, 0.2) is 48.6 Å². The summed E-state index contributed by atoms with van der Waals surface area (Å²) in [5.74, 6) is -0.610. The predicted molar refractivity (Wildman–Crippen MR) is 71.2 cm³/mol. The van der Waals surface area contributed by atoms with E-state index in [1.807, 2.05) is 31.2 Å². The van der Waals surface area contributed by atoms with Gasteiger partial charge in [0, 0.05) is 0 Å². The lowest BCUT2D eigenvalue weighted by molar-refractivity contribution is 0.0693. The highest BCUT2D eigenvalue weighted by Crippen LogP contribution is 2.26. The number of rotatable bonds is 4. The number of hydrogen-bond acceptors (Lipinski definition) is 2. The maximum absolute atomic E-state index is 11.2. The van der Waals surface area contributed by atoms with Gasteiger partial charge in [-0.2, -0.15) is 0 Å². The first-order valence-corrected chi connectivity index (χ1v) is 5.61. The van der Waals surface area contributed by atoms with Crippen LogP contribution in [0.4, 0.5) is 0 Å². The van der Waals surface area contributed by atoms with E-state index < -0.39 is 5.97 Å². The highest BCUT2D eigenvalue weighted by atomic mass is 16.5. The first-order valence-electron chi connectivity index (χ1n) is 5.61. The third-order valence-corrected chi connectivity index (χ3v) is 2.55. The molecule has 2 rings (SSSR count). The molecule has 3 heteroatoms. The summed E-state index contributed by atoms with van der Waals surface area (Å²) in [6.45, 7) is 5.89. The molecule has 0 amide bonds. The molecule has 0 radical (unpaired) electrons. The number of carboxylic acids is 1. The molecule has 0 fully saturated rings. The molecule has 92 valence electrons. The van der Waals surface area contributed by atoms with Gasteiger partial charge in [0.05, 0.1) is 0 Å². The Morgan fingerprint density at radius 2 is 1.89 bits per heavy atom. The molecule has 0 aliphatic rings. The second kappa shape index (κ2) is 4.92. The molecule has 2 aromatic carbocycles. The maximum atomic E-state index is 11.2. The molecule has 0 atom stereocenters. The van der Waals surface area contributed by atoms with Crippen LogP contribution >= 0.6 is 0 Å². The number of carboxylic acid groups (broad SMARTS) is 1. The van der Waals surface area contributed by atoms with Gasteiger partial charge in [0.25, 0.3) is 0 Å². The van der Waals surface area contributed by atoms with Crippen LogP contribution in [0.1, 0.15) is 17.3 Å². The molecular weight excluding hydrogens is 228 g/mol. The third kappa shape index (κ3) is 2.51. The topological polar surface area (TPSA) is 46.5 Å². The Morgan fingerprint density at radius 1 is 1.28 bits per heavy atom. The van der Waals surface area contributed by atoms with E-state index in [0.29, 0.717) is 12.4 Å². The van der Waals surface area contributed by atoms with E-state index >= 15 is 0 Å². The summed E-state index contributed by atoms with van der Waals surface area (Å²) >= 11 is 0. The van der Waals surface area contributed by atoms with E-state index in [9.17, 15) is 9.90 Å². The standard InChI is InChI=1S/C15H14O3/c1-10(2)9-18-14-8-12-6-4-3-5-11(12)7-13(14)15(16)17/h3-8H,1,9H2,2H3,(H,16,17). The number of hydrogen-bond donors (Lipinski definition) is 1. The molecule has 2 aromatic rings. The number of fused-ring (bicyclic) bond motifs is 1. The molecule has 1 N–H and O–H groups in total. The molecule has 18 heavy (non-hydrogen) atoms. The highest BCUT2D eigenvalue weighted by molar-refractivity contribution is 5.97. The molecule has 0 aliphatic carbocycles. The quantitative estimate of drug-likeness (QED) is 0.835. The van der Waals surface area contributed by atoms with Gasteiger partial charge in [-0.3, -0.25) is 0 Å². The van der Waals surface area contributed by atoms with E-state index in [0.717, 1.165) is 16.3 Å². The van der Waals surface area contributed by atoms with Gasteiger partial charge in [-0.25, -0.2) is 4.79 Å². The summed E-state index contributed by atoms with van der Waals surface area (Å²) < 4.78 is 5.49. The normalized spacial score (nSPS) is 10.3.